The Bertz CT molecular complexity index is 817. The Balaban J connectivity index is 2.00. The maximum atomic E-state index is 11.9. The molecule has 10 heteroatoms. The molecule has 0 saturated carbocycles. The lowest BCUT2D eigenvalue weighted by Crippen LogP contribution is -2.43. The number of amides is 2. The number of carbonyl (C=O) groups excluding carboxylic acids is 2. The van der Waals surface area contributed by atoms with Crippen LogP contribution in [0.2, 0.25) is 5.02 Å². The van der Waals surface area contributed by atoms with E-state index >= 15 is 0 Å². The van der Waals surface area contributed by atoms with E-state index in [1.54, 1.807) is 18.2 Å². The highest BCUT2D eigenvalue weighted by Gasteiger charge is 2.22. The smallest absolute Gasteiger partial charge is 0.271 e. The van der Waals surface area contributed by atoms with Crippen LogP contribution in [0.5, 0.6) is 0 Å². The van der Waals surface area contributed by atoms with Crippen molar-refractivity contribution in [3.8, 4) is 0 Å². The first-order chi connectivity index (χ1) is 11.3. The molecule has 2 aromatic rings. The van der Waals surface area contributed by atoms with Gasteiger partial charge in [-0.05, 0) is 26.0 Å². The quantitative estimate of drug-likeness (QED) is 0.639. The largest absolute Gasteiger partial charge is 0.312 e. The molecule has 0 spiro atoms. The van der Waals surface area contributed by atoms with Gasteiger partial charge in [0.2, 0.25) is 0 Å². The zero-order chi connectivity index (χ0) is 17.9. The second-order valence-electron chi connectivity index (χ2n) is 4.92. The van der Waals surface area contributed by atoms with Crippen LogP contribution in [0.3, 0.4) is 0 Å². The fourth-order valence-corrected chi connectivity index (χ4v) is 2.34. The van der Waals surface area contributed by atoms with E-state index in [0.717, 1.165) is 0 Å². The number of benzene rings is 1. The van der Waals surface area contributed by atoms with Crippen LogP contribution in [-0.2, 0) is 11.3 Å². The average molecular weight is 352 g/mol. The van der Waals surface area contributed by atoms with Crippen molar-refractivity contribution in [3.63, 3.8) is 0 Å². The molecule has 1 heterocycles. The molecule has 0 radical (unpaired) electrons. The van der Waals surface area contributed by atoms with E-state index in [1.807, 2.05) is 0 Å². The van der Waals surface area contributed by atoms with Gasteiger partial charge in [-0.2, -0.15) is 5.10 Å². The van der Waals surface area contributed by atoms with Gasteiger partial charge in [0.1, 0.15) is 17.9 Å². The third-order valence-electron chi connectivity index (χ3n) is 3.25. The Morgan fingerprint density at radius 1 is 1.29 bits per heavy atom. The van der Waals surface area contributed by atoms with Crippen LogP contribution in [0.1, 0.15) is 21.7 Å². The van der Waals surface area contributed by atoms with Crippen LogP contribution in [0.25, 0.3) is 0 Å². The summed E-state index contributed by atoms with van der Waals surface area (Å²) in [5.41, 5.74) is 4.98. The molecule has 0 aliphatic carbocycles. The molecule has 2 N–H and O–H groups in total. The molecule has 2 rings (SSSR count). The highest BCUT2D eigenvalue weighted by atomic mass is 35.5. The van der Waals surface area contributed by atoms with Crippen molar-refractivity contribution >= 4 is 29.1 Å². The number of hydrazine groups is 1. The van der Waals surface area contributed by atoms with Gasteiger partial charge in [0.25, 0.3) is 11.8 Å². The topological polar surface area (TPSA) is 119 Å². The standard InChI is InChI=1S/C14H14ClN5O4/c1-8-13(20(23)24)9(2)19(18-8)7-12(21)16-17-14(22)10-5-3-4-6-11(10)15/h3-6H,7H2,1-2H3,(H,16,21)(H,17,22). The Morgan fingerprint density at radius 3 is 2.54 bits per heavy atom. The lowest BCUT2D eigenvalue weighted by Gasteiger charge is -2.09. The minimum atomic E-state index is -0.587. The Hall–Kier alpha value is -2.94. The Labute approximate surface area is 141 Å². The maximum absolute atomic E-state index is 11.9. The monoisotopic (exact) mass is 351 g/mol. The van der Waals surface area contributed by atoms with Crippen LogP contribution in [0, 0.1) is 24.0 Å². The molecule has 2 amide bonds. The van der Waals surface area contributed by atoms with Gasteiger partial charge in [0, 0.05) is 0 Å². The first-order valence-electron chi connectivity index (χ1n) is 6.83. The van der Waals surface area contributed by atoms with E-state index in [9.17, 15) is 19.7 Å². The second-order valence-corrected chi connectivity index (χ2v) is 5.32. The molecule has 0 aliphatic heterocycles. The molecule has 0 fully saturated rings. The van der Waals surface area contributed by atoms with Gasteiger partial charge in [-0.1, -0.05) is 23.7 Å². The maximum Gasteiger partial charge on any atom is 0.312 e. The van der Waals surface area contributed by atoms with Gasteiger partial charge in [0.15, 0.2) is 0 Å². The summed E-state index contributed by atoms with van der Waals surface area (Å²) >= 11 is 5.88. The number of hydrogen-bond acceptors (Lipinski definition) is 5. The summed E-state index contributed by atoms with van der Waals surface area (Å²) in [4.78, 5) is 34.2. The zero-order valence-electron chi connectivity index (χ0n) is 12.9. The normalized spacial score (nSPS) is 10.3. The molecule has 126 valence electrons. The van der Waals surface area contributed by atoms with Crippen molar-refractivity contribution in [2.75, 3.05) is 0 Å². The van der Waals surface area contributed by atoms with Crippen LogP contribution in [0.4, 0.5) is 5.69 Å². The third-order valence-corrected chi connectivity index (χ3v) is 3.58. The van der Waals surface area contributed by atoms with Crippen molar-refractivity contribution in [1.29, 1.82) is 0 Å². The summed E-state index contributed by atoms with van der Waals surface area (Å²) in [6.07, 6.45) is 0. The minimum Gasteiger partial charge on any atom is -0.271 e. The van der Waals surface area contributed by atoms with Crippen molar-refractivity contribution in [2.24, 2.45) is 0 Å². The first-order valence-corrected chi connectivity index (χ1v) is 7.21. The number of aryl methyl sites for hydroxylation is 1. The van der Waals surface area contributed by atoms with Crippen LogP contribution in [0.15, 0.2) is 24.3 Å². The number of aromatic nitrogens is 2. The molecule has 24 heavy (non-hydrogen) atoms. The van der Waals surface area contributed by atoms with Crippen LogP contribution >= 0.6 is 11.6 Å². The highest BCUT2D eigenvalue weighted by molar-refractivity contribution is 6.33. The molecule has 0 bridgehead atoms. The van der Waals surface area contributed by atoms with Crippen molar-refractivity contribution in [2.45, 2.75) is 20.4 Å². The van der Waals surface area contributed by atoms with Gasteiger partial charge in [-0.3, -0.25) is 35.2 Å². The van der Waals surface area contributed by atoms with Gasteiger partial charge in [-0.15, -0.1) is 0 Å². The summed E-state index contributed by atoms with van der Waals surface area (Å²) in [6.45, 7) is 2.70. The number of nitrogens with zero attached hydrogens (tertiary/aromatic N) is 3. The van der Waals surface area contributed by atoms with Crippen molar-refractivity contribution in [1.82, 2.24) is 20.6 Å². The van der Waals surface area contributed by atoms with Gasteiger partial charge >= 0.3 is 5.69 Å². The minimum absolute atomic E-state index is 0.136. The number of halogens is 1. The van der Waals surface area contributed by atoms with E-state index < -0.39 is 16.7 Å². The van der Waals surface area contributed by atoms with Crippen molar-refractivity contribution in [3.05, 3.63) is 56.4 Å². The highest BCUT2D eigenvalue weighted by Crippen LogP contribution is 2.21. The molecular formula is C14H14ClN5O4. The number of hydrogen-bond donors (Lipinski definition) is 2. The third kappa shape index (κ3) is 3.69. The van der Waals surface area contributed by atoms with Gasteiger partial charge in [-0.25, -0.2) is 0 Å². The summed E-state index contributed by atoms with van der Waals surface area (Å²) < 4.78 is 1.20. The SMILES string of the molecule is Cc1nn(CC(=O)NNC(=O)c2ccccc2Cl)c(C)c1[N+](=O)[O-]. The van der Waals surface area contributed by atoms with Crippen LogP contribution < -0.4 is 10.9 Å². The number of nitrogens with one attached hydrogen (secondary N) is 2. The molecule has 1 aromatic heterocycles. The van der Waals surface area contributed by atoms with Crippen molar-refractivity contribution < 1.29 is 14.5 Å². The fraction of sp³-hybridized carbons (Fsp3) is 0.214. The summed E-state index contributed by atoms with van der Waals surface area (Å²) in [5.74, 6) is -1.16. The lowest BCUT2D eigenvalue weighted by molar-refractivity contribution is -0.386. The average Bonchev–Trinajstić information content (AvgIpc) is 2.79. The Kier molecular flexibility index (Phi) is 5.14. The summed E-state index contributed by atoms with van der Waals surface area (Å²) in [5, 5.41) is 15.1. The van der Waals surface area contributed by atoms with Gasteiger partial charge < -0.3 is 0 Å². The predicted octanol–water partition coefficient (Wildman–Crippen LogP) is 1.52. The predicted molar refractivity (Wildman–Crippen MR) is 85.4 cm³/mol. The Morgan fingerprint density at radius 2 is 1.96 bits per heavy atom. The van der Waals surface area contributed by atoms with E-state index in [1.165, 1.54) is 24.6 Å². The number of carbonyl (C=O) groups is 2. The molecule has 9 nitrogen and oxygen atoms in total. The van der Waals surface area contributed by atoms with Gasteiger partial charge in [0.05, 0.1) is 15.5 Å². The summed E-state index contributed by atoms with van der Waals surface area (Å²) in [6, 6.07) is 6.37. The fourth-order valence-electron chi connectivity index (χ4n) is 2.12. The van der Waals surface area contributed by atoms with E-state index in [4.69, 9.17) is 11.6 Å². The zero-order valence-corrected chi connectivity index (χ0v) is 13.6. The summed E-state index contributed by atoms with van der Waals surface area (Å²) in [7, 11) is 0. The van der Waals surface area contributed by atoms with E-state index in [2.05, 4.69) is 16.0 Å². The molecule has 0 unspecified atom stereocenters. The second kappa shape index (κ2) is 7.09. The van der Waals surface area contributed by atoms with E-state index in [-0.39, 0.29) is 34.2 Å². The molecule has 0 aliphatic rings. The number of rotatable bonds is 4. The van der Waals surface area contributed by atoms with E-state index in [0.29, 0.717) is 0 Å². The van der Waals surface area contributed by atoms with Crippen LogP contribution in [-0.4, -0.2) is 26.5 Å². The molecule has 0 saturated heterocycles. The molecule has 0 atom stereocenters. The number of nitro groups is 1. The molecular weight excluding hydrogens is 338 g/mol. The lowest BCUT2D eigenvalue weighted by atomic mass is 10.2. The first kappa shape index (κ1) is 17.4. The molecule has 1 aromatic carbocycles.